The van der Waals surface area contributed by atoms with Crippen molar-refractivity contribution >= 4 is 40.8 Å². The van der Waals surface area contributed by atoms with Gasteiger partial charge in [-0.2, -0.15) is 0 Å². The monoisotopic (exact) mass is 404 g/mol. The molecule has 28 heavy (non-hydrogen) atoms. The number of nitrogens with one attached hydrogen (secondary N) is 2. The van der Waals surface area contributed by atoms with Gasteiger partial charge in [-0.15, -0.1) is 0 Å². The van der Waals surface area contributed by atoms with Crippen molar-refractivity contribution in [2.24, 2.45) is 0 Å². The predicted molar refractivity (Wildman–Crippen MR) is 107 cm³/mol. The number of ether oxygens (including phenoxy) is 2. The van der Waals surface area contributed by atoms with E-state index in [2.05, 4.69) is 10.6 Å². The van der Waals surface area contributed by atoms with Crippen LogP contribution in [0.15, 0.2) is 42.5 Å². The van der Waals surface area contributed by atoms with Gasteiger partial charge in [0.15, 0.2) is 12.7 Å². The number of hydrogen-bond acceptors (Lipinski definition) is 5. The van der Waals surface area contributed by atoms with Crippen LogP contribution in [0.25, 0.3) is 0 Å². The first-order valence-corrected chi connectivity index (χ1v) is 8.89. The van der Waals surface area contributed by atoms with E-state index in [4.69, 9.17) is 21.1 Å². The van der Waals surface area contributed by atoms with Crippen LogP contribution in [0.1, 0.15) is 19.4 Å². The van der Waals surface area contributed by atoms with Crippen molar-refractivity contribution in [1.29, 1.82) is 0 Å². The molecule has 2 aromatic carbocycles. The maximum absolute atomic E-state index is 12.2. The Hall–Kier alpha value is -3.06. The Balaban J connectivity index is 1.83. The van der Waals surface area contributed by atoms with Gasteiger partial charge in [0.1, 0.15) is 5.75 Å². The lowest BCUT2D eigenvalue weighted by molar-refractivity contribution is -0.155. The van der Waals surface area contributed by atoms with E-state index in [0.717, 1.165) is 5.56 Å². The summed E-state index contributed by atoms with van der Waals surface area (Å²) in [5.41, 5.74) is 2.05. The molecule has 0 heterocycles. The standard InChI is InChI=1S/C20H21ClN2O5/c1-12-4-9-17(21)18(10-12)27-11-19(25)28-13(2)20(26)23-16-7-5-15(6-8-16)22-14(3)24/h4-10,13H,11H2,1-3H3,(H,22,24)(H,23,26)/t13-/m0/s1. The van der Waals surface area contributed by atoms with Crippen LogP contribution in [0, 0.1) is 6.92 Å². The van der Waals surface area contributed by atoms with Crippen LogP contribution >= 0.6 is 11.6 Å². The molecule has 0 aliphatic carbocycles. The third-order valence-corrected chi connectivity index (χ3v) is 3.89. The van der Waals surface area contributed by atoms with Gasteiger partial charge in [0.2, 0.25) is 5.91 Å². The number of rotatable bonds is 7. The average molecular weight is 405 g/mol. The summed E-state index contributed by atoms with van der Waals surface area (Å²) in [5.74, 6) is -1.00. The number of esters is 1. The molecule has 2 aromatic rings. The van der Waals surface area contributed by atoms with Gasteiger partial charge in [-0.3, -0.25) is 9.59 Å². The number of hydrogen-bond donors (Lipinski definition) is 2. The number of carbonyl (C=O) groups excluding carboxylic acids is 3. The zero-order valence-corrected chi connectivity index (χ0v) is 16.5. The normalized spacial score (nSPS) is 11.3. The Morgan fingerprint density at radius 3 is 2.25 bits per heavy atom. The molecule has 0 aliphatic heterocycles. The van der Waals surface area contributed by atoms with Crippen LogP contribution in [0.3, 0.4) is 0 Å². The summed E-state index contributed by atoms with van der Waals surface area (Å²) in [7, 11) is 0. The Morgan fingerprint density at radius 2 is 1.64 bits per heavy atom. The molecule has 0 unspecified atom stereocenters. The van der Waals surface area contributed by atoms with Gasteiger partial charge in [-0.1, -0.05) is 17.7 Å². The maximum Gasteiger partial charge on any atom is 0.344 e. The Labute approximate surface area is 168 Å². The molecule has 0 aromatic heterocycles. The summed E-state index contributed by atoms with van der Waals surface area (Å²) in [5, 5.41) is 5.63. The molecule has 1 atom stereocenters. The third-order valence-electron chi connectivity index (χ3n) is 3.58. The predicted octanol–water partition coefficient (Wildman–Crippen LogP) is 3.56. The summed E-state index contributed by atoms with van der Waals surface area (Å²) in [6.45, 7) is 4.36. The topological polar surface area (TPSA) is 93.7 Å². The fourth-order valence-electron chi connectivity index (χ4n) is 2.23. The van der Waals surface area contributed by atoms with E-state index in [0.29, 0.717) is 22.1 Å². The Bertz CT molecular complexity index is 867. The molecular formula is C20H21ClN2O5. The first kappa shape index (κ1) is 21.2. The zero-order valence-electron chi connectivity index (χ0n) is 15.7. The van der Waals surface area contributed by atoms with Crippen LogP contribution in [0.4, 0.5) is 11.4 Å². The molecule has 8 heteroatoms. The smallest absolute Gasteiger partial charge is 0.344 e. The van der Waals surface area contributed by atoms with Gasteiger partial charge in [0.25, 0.3) is 5.91 Å². The van der Waals surface area contributed by atoms with Gasteiger partial charge in [0, 0.05) is 18.3 Å². The van der Waals surface area contributed by atoms with Crippen molar-refractivity contribution < 1.29 is 23.9 Å². The molecule has 0 saturated carbocycles. The van der Waals surface area contributed by atoms with Gasteiger partial charge in [0.05, 0.1) is 5.02 Å². The molecule has 0 radical (unpaired) electrons. The lowest BCUT2D eigenvalue weighted by Crippen LogP contribution is -2.31. The molecule has 0 fully saturated rings. The molecule has 0 aliphatic rings. The number of anilines is 2. The highest BCUT2D eigenvalue weighted by Crippen LogP contribution is 2.25. The summed E-state index contributed by atoms with van der Waals surface area (Å²) < 4.78 is 10.4. The SMILES string of the molecule is CC(=O)Nc1ccc(NC(=O)[C@H](C)OC(=O)COc2cc(C)ccc2Cl)cc1. The lowest BCUT2D eigenvalue weighted by Gasteiger charge is -2.14. The third kappa shape index (κ3) is 6.59. The number of carbonyl (C=O) groups is 3. The van der Waals surface area contributed by atoms with Crippen molar-refractivity contribution in [3.8, 4) is 5.75 Å². The van der Waals surface area contributed by atoms with E-state index in [1.807, 2.05) is 13.0 Å². The summed E-state index contributed by atoms with van der Waals surface area (Å²) in [6.07, 6.45) is -1.01. The van der Waals surface area contributed by atoms with Gasteiger partial charge < -0.3 is 20.1 Å². The van der Waals surface area contributed by atoms with E-state index in [1.165, 1.54) is 13.8 Å². The van der Waals surface area contributed by atoms with Crippen LogP contribution in [0.5, 0.6) is 5.75 Å². The minimum Gasteiger partial charge on any atom is -0.480 e. The van der Waals surface area contributed by atoms with Crippen molar-refractivity contribution in [3.05, 3.63) is 53.1 Å². The second kappa shape index (κ2) is 9.75. The zero-order chi connectivity index (χ0) is 20.7. The molecule has 0 bridgehead atoms. The second-order valence-electron chi connectivity index (χ2n) is 6.10. The Kier molecular flexibility index (Phi) is 7.40. The number of halogens is 1. The molecule has 0 saturated heterocycles. The lowest BCUT2D eigenvalue weighted by atomic mass is 10.2. The van der Waals surface area contributed by atoms with E-state index in [1.54, 1.807) is 36.4 Å². The summed E-state index contributed by atoms with van der Waals surface area (Å²) >= 11 is 6.00. The van der Waals surface area contributed by atoms with Crippen LogP contribution < -0.4 is 15.4 Å². The highest BCUT2D eigenvalue weighted by Gasteiger charge is 2.18. The molecule has 148 valence electrons. The fraction of sp³-hybridized carbons (Fsp3) is 0.250. The minimum absolute atomic E-state index is 0.188. The van der Waals surface area contributed by atoms with Gasteiger partial charge in [-0.05, 0) is 55.8 Å². The highest BCUT2D eigenvalue weighted by molar-refractivity contribution is 6.32. The molecule has 7 nitrogen and oxygen atoms in total. The number of amides is 2. The van der Waals surface area contributed by atoms with Crippen LogP contribution in [-0.4, -0.2) is 30.5 Å². The van der Waals surface area contributed by atoms with Crippen molar-refractivity contribution in [3.63, 3.8) is 0 Å². The van der Waals surface area contributed by atoms with Gasteiger partial charge >= 0.3 is 5.97 Å². The second-order valence-corrected chi connectivity index (χ2v) is 6.51. The summed E-state index contributed by atoms with van der Waals surface area (Å²) in [4.78, 5) is 35.1. The quantitative estimate of drug-likeness (QED) is 0.688. The molecule has 2 rings (SSSR count). The van der Waals surface area contributed by atoms with E-state index >= 15 is 0 Å². The first-order valence-electron chi connectivity index (χ1n) is 8.51. The van der Waals surface area contributed by atoms with Crippen molar-refractivity contribution in [2.75, 3.05) is 17.2 Å². The molecule has 2 amide bonds. The largest absolute Gasteiger partial charge is 0.480 e. The summed E-state index contributed by atoms with van der Waals surface area (Å²) in [6, 6.07) is 11.7. The average Bonchev–Trinajstić information content (AvgIpc) is 2.63. The van der Waals surface area contributed by atoms with Crippen LogP contribution in [-0.2, 0) is 19.1 Å². The number of benzene rings is 2. The van der Waals surface area contributed by atoms with Crippen molar-refractivity contribution in [1.82, 2.24) is 0 Å². The molecular weight excluding hydrogens is 384 g/mol. The minimum atomic E-state index is -1.01. The Morgan fingerprint density at radius 1 is 1.04 bits per heavy atom. The van der Waals surface area contributed by atoms with E-state index in [-0.39, 0.29) is 12.5 Å². The maximum atomic E-state index is 12.2. The first-order chi connectivity index (χ1) is 13.2. The number of aryl methyl sites for hydroxylation is 1. The fourth-order valence-corrected chi connectivity index (χ4v) is 2.40. The highest BCUT2D eigenvalue weighted by atomic mass is 35.5. The molecule has 0 spiro atoms. The molecule has 2 N–H and O–H groups in total. The van der Waals surface area contributed by atoms with E-state index in [9.17, 15) is 14.4 Å². The van der Waals surface area contributed by atoms with E-state index < -0.39 is 18.0 Å². The van der Waals surface area contributed by atoms with Crippen molar-refractivity contribution in [2.45, 2.75) is 26.9 Å². The van der Waals surface area contributed by atoms with Gasteiger partial charge in [-0.25, -0.2) is 4.79 Å². The van der Waals surface area contributed by atoms with Crippen LogP contribution in [0.2, 0.25) is 5.02 Å².